The number of rotatable bonds is 4. The summed E-state index contributed by atoms with van der Waals surface area (Å²) < 4.78 is 5.70. The van der Waals surface area contributed by atoms with Crippen LogP contribution in [0.2, 0.25) is 0 Å². The van der Waals surface area contributed by atoms with E-state index in [4.69, 9.17) is 10.2 Å². The largest absolute Gasteiger partial charge is 0.436 e. The molecule has 3 rings (SSSR count). The first-order valence-corrected chi connectivity index (χ1v) is 6.58. The monoisotopic (exact) mass is 264 g/mol. The molecule has 1 atom stereocenters. The van der Waals surface area contributed by atoms with E-state index in [1.165, 1.54) is 0 Å². The van der Waals surface area contributed by atoms with Crippen molar-refractivity contribution in [2.24, 2.45) is 5.73 Å². The van der Waals surface area contributed by atoms with Gasteiger partial charge in [0.15, 0.2) is 5.58 Å². The SMILES string of the molecule is C=C(CC(N)c1ccccc1)c1nc2ccccc2o1. The second-order valence-electron chi connectivity index (χ2n) is 4.81. The van der Waals surface area contributed by atoms with Crippen molar-refractivity contribution in [3.8, 4) is 0 Å². The fourth-order valence-electron chi connectivity index (χ4n) is 2.19. The lowest BCUT2D eigenvalue weighted by atomic mass is 10.0. The third kappa shape index (κ3) is 2.49. The van der Waals surface area contributed by atoms with Crippen LogP contribution in [0.15, 0.2) is 65.6 Å². The molecule has 0 bridgehead atoms. The normalized spacial score (nSPS) is 12.4. The molecule has 0 saturated carbocycles. The Labute approximate surface area is 117 Å². The fourth-order valence-corrected chi connectivity index (χ4v) is 2.19. The standard InChI is InChI=1S/C17H16N2O/c1-12(11-14(18)13-7-3-2-4-8-13)17-19-15-9-5-6-10-16(15)20-17/h2-10,14H,1,11,18H2. The maximum Gasteiger partial charge on any atom is 0.222 e. The van der Waals surface area contributed by atoms with Gasteiger partial charge < -0.3 is 10.2 Å². The molecule has 0 aliphatic rings. The van der Waals surface area contributed by atoms with Crippen LogP contribution in [0.1, 0.15) is 23.9 Å². The molecule has 3 nitrogen and oxygen atoms in total. The number of nitrogens with zero attached hydrogens (tertiary/aromatic N) is 1. The molecule has 100 valence electrons. The number of hydrogen-bond donors (Lipinski definition) is 1. The molecule has 0 spiro atoms. The molecule has 3 heteroatoms. The Morgan fingerprint density at radius 3 is 2.55 bits per heavy atom. The summed E-state index contributed by atoms with van der Waals surface area (Å²) in [6.45, 7) is 4.05. The molecule has 1 aromatic heterocycles. The summed E-state index contributed by atoms with van der Waals surface area (Å²) in [5.41, 5.74) is 9.72. The van der Waals surface area contributed by atoms with Gasteiger partial charge in [-0.05, 0) is 24.1 Å². The average Bonchev–Trinajstić information content (AvgIpc) is 2.92. The number of oxazole rings is 1. The summed E-state index contributed by atoms with van der Waals surface area (Å²) >= 11 is 0. The maximum atomic E-state index is 6.20. The predicted octanol–water partition coefficient (Wildman–Crippen LogP) is 3.93. The number of nitrogens with two attached hydrogens (primary N) is 1. The predicted molar refractivity (Wildman–Crippen MR) is 81.0 cm³/mol. The number of fused-ring (bicyclic) bond motifs is 1. The van der Waals surface area contributed by atoms with Gasteiger partial charge in [-0.15, -0.1) is 0 Å². The summed E-state index contributed by atoms with van der Waals surface area (Å²) in [7, 11) is 0. The molecule has 3 aromatic rings. The van der Waals surface area contributed by atoms with Crippen molar-refractivity contribution in [2.75, 3.05) is 0 Å². The smallest absolute Gasteiger partial charge is 0.222 e. The Balaban J connectivity index is 1.79. The van der Waals surface area contributed by atoms with E-state index in [0.717, 1.165) is 22.2 Å². The maximum absolute atomic E-state index is 6.20. The first kappa shape index (κ1) is 12.6. The Hall–Kier alpha value is -2.39. The average molecular weight is 264 g/mol. The Morgan fingerprint density at radius 2 is 1.80 bits per heavy atom. The van der Waals surface area contributed by atoms with Crippen LogP contribution < -0.4 is 5.73 Å². The van der Waals surface area contributed by atoms with E-state index in [9.17, 15) is 0 Å². The summed E-state index contributed by atoms with van der Waals surface area (Å²) in [5, 5.41) is 0. The van der Waals surface area contributed by atoms with Crippen LogP contribution in [0.3, 0.4) is 0 Å². The Morgan fingerprint density at radius 1 is 1.10 bits per heavy atom. The van der Waals surface area contributed by atoms with Gasteiger partial charge in [0.05, 0.1) is 0 Å². The first-order valence-electron chi connectivity index (χ1n) is 6.58. The lowest BCUT2D eigenvalue weighted by Gasteiger charge is -2.11. The number of aromatic nitrogens is 1. The van der Waals surface area contributed by atoms with Crippen molar-refractivity contribution in [1.29, 1.82) is 0 Å². The van der Waals surface area contributed by atoms with Crippen molar-refractivity contribution < 1.29 is 4.42 Å². The van der Waals surface area contributed by atoms with E-state index >= 15 is 0 Å². The lowest BCUT2D eigenvalue weighted by Crippen LogP contribution is -2.10. The van der Waals surface area contributed by atoms with Crippen LogP contribution in [0.4, 0.5) is 0 Å². The van der Waals surface area contributed by atoms with Crippen LogP contribution in [0.25, 0.3) is 16.7 Å². The minimum absolute atomic E-state index is 0.0984. The molecule has 0 aliphatic heterocycles. The van der Waals surface area contributed by atoms with Crippen LogP contribution in [-0.4, -0.2) is 4.98 Å². The third-order valence-electron chi connectivity index (χ3n) is 3.29. The van der Waals surface area contributed by atoms with Crippen molar-refractivity contribution in [3.63, 3.8) is 0 Å². The molecule has 0 aliphatic carbocycles. The molecule has 0 saturated heterocycles. The van der Waals surface area contributed by atoms with E-state index in [0.29, 0.717) is 12.3 Å². The van der Waals surface area contributed by atoms with Crippen LogP contribution >= 0.6 is 0 Å². The van der Waals surface area contributed by atoms with Gasteiger partial charge in [-0.1, -0.05) is 49.0 Å². The zero-order valence-corrected chi connectivity index (χ0v) is 11.1. The topological polar surface area (TPSA) is 52.0 Å². The highest BCUT2D eigenvalue weighted by molar-refractivity contribution is 5.75. The molecule has 20 heavy (non-hydrogen) atoms. The lowest BCUT2D eigenvalue weighted by molar-refractivity contribution is 0.576. The molecule has 2 aromatic carbocycles. The highest BCUT2D eigenvalue weighted by Crippen LogP contribution is 2.26. The minimum atomic E-state index is -0.0984. The fraction of sp³-hybridized carbons (Fsp3) is 0.118. The number of hydrogen-bond acceptors (Lipinski definition) is 3. The van der Waals surface area contributed by atoms with Crippen LogP contribution in [0, 0.1) is 0 Å². The third-order valence-corrected chi connectivity index (χ3v) is 3.29. The van der Waals surface area contributed by atoms with Gasteiger partial charge in [0, 0.05) is 11.6 Å². The summed E-state index contributed by atoms with van der Waals surface area (Å²) in [4.78, 5) is 4.44. The van der Waals surface area contributed by atoms with Crippen molar-refractivity contribution in [3.05, 3.63) is 72.6 Å². The first-order chi connectivity index (χ1) is 9.74. The minimum Gasteiger partial charge on any atom is -0.436 e. The van der Waals surface area contributed by atoms with Crippen molar-refractivity contribution >= 4 is 16.7 Å². The van der Waals surface area contributed by atoms with Gasteiger partial charge in [0.2, 0.25) is 5.89 Å². The summed E-state index contributed by atoms with van der Waals surface area (Å²) in [6, 6.07) is 17.6. The van der Waals surface area contributed by atoms with E-state index in [1.54, 1.807) is 0 Å². The molecule has 0 radical (unpaired) electrons. The van der Waals surface area contributed by atoms with Crippen LogP contribution in [0.5, 0.6) is 0 Å². The second kappa shape index (κ2) is 5.31. The zero-order valence-electron chi connectivity index (χ0n) is 11.1. The van der Waals surface area contributed by atoms with Crippen molar-refractivity contribution in [1.82, 2.24) is 4.98 Å². The van der Waals surface area contributed by atoms with Gasteiger partial charge in [0.1, 0.15) is 5.52 Å². The molecule has 2 N–H and O–H groups in total. The van der Waals surface area contributed by atoms with Crippen LogP contribution in [-0.2, 0) is 0 Å². The highest BCUT2D eigenvalue weighted by atomic mass is 16.3. The van der Waals surface area contributed by atoms with E-state index < -0.39 is 0 Å². The van der Waals surface area contributed by atoms with Gasteiger partial charge in [-0.3, -0.25) is 0 Å². The summed E-state index contributed by atoms with van der Waals surface area (Å²) in [6.07, 6.45) is 0.622. The van der Waals surface area contributed by atoms with Gasteiger partial charge in [-0.25, -0.2) is 4.98 Å². The molecule has 1 heterocycles. The highest BCUT2D eigenvalue weighted by Gasteiger charge is 2.13. The molecule has 0 amide bonds. The number of para-hydroxylation sites is 2. The van der Waals surface area contributed by atoms with E-state index in [2.05, 4.69) is 11.6 Å². The van der Waals surface area contributed by atoms with Gasteiger partial charge >= 0.3 is 0 Å². The molecule has 0 fully saturated rings. The van der Waals surface area contributed by atoms with Gasteiger partial charge in [0.25, 0.3) is 0 Å². The second-order valence-corrected chi connectivity index (χ2v) is 4.81. The molecular formula is C17H16N2O. The quantitative estimate of drug-likeness (QED) is 0.776. The van der Waals surface area contributed by atoms with Crippen molar-refractivity contribution in [2.45, 2.75) is 12.5 Å². The Bertz CT molecular complexity index is 698. The van der Waals surface area contributed by atoms with Gasteiger partial charge in [-0.2, -0.15) is 0 Å². The molecule has 1 unspecified atom stereocenters. The Kier molecular flexibility index (Phi) is 3.35. The zero-order chi connectivity index (χ0) is 13.9. The van der Waals surface area contributed by atoms with E-state index in [1.807, 2.05) is 54.6 Å². The van der Waals surface area contributed by atoms with E-state index in [-0.39, 0.29) is 6.04 Å². The summed E-state index contributed by atoms with van der Waals surface area (Å²) in [5.74, 6) is 0.567. The molecular weight excluding hydrogens is 248 g/mol. The number of benzene rings is 2.